The molecule has 0 spiro atoms. The Morgan fingerprint density at radius 3 is 2.60 bits per heavy atom. The highest BCUT2D eigenvalue weighted by Gasteiger charge is 2.14. The van der Waals surface area contributed by atoms with Gasteiger partial charge in [0.05, 0.1) is 18.1 Å². The van der Waals surface area contributed by atoms with E-state index in [9.17, 15) is 4.79 Å². The van der Waals surface area contributed by atoms with E-state index in [4.69, 9.17) is 33.6 Å². The Labute approximate surface area is 96.8 Å². The van der Waals surface area contributed by atoms with Crippen molar-refractivity contribution in [3.8, 4) is 6.07 Å². The van der Waals surface area contributed by atoms with Crippen LogP contribution in [0.25, 0.3) is 0 Å². The number of hydrogen-bond acceptors (Lipinski definition) is 2. The largest absolute Gasteiger partial charge is 0.481 e. The lowest BCUT2D eigenvalue weighted by molar-refractivity contribution is -0.136. The maximum absolute atomic E-state index is 10.6. The van der Waals surface area contributed by atoms with Crippen LogP contribution in [0.15, 0.2) is 12.1 Å². The average Bonchev–Trinajstić information content (AvgIpc) is 2.20. The van der Waals surface area contributed by atoms with Gasteiger partial charge in [0.15, 0.2) is 0 Å². The molecule has 1 aromatic carbocycles. The number of halogens is 2. The highest BCUT2D eigenvalue weighted by atomic mass is 35.5. The molecular weight excluding hydrogens is 237 g/mol. The first-order chi connectivity index (χ1) is 7.10. The van der Waals surface area contributed by atoms with Crippen molar-refractivity contribution in [2.24, 2.45) is 0 Å². The fraction of sp³-hybridized carbons (Fsp3) is 0.200. The Morgan fingerprint density at radius 2 is 2.13 bits per heavy atom. The quantitative estimate of drug-likeness (QED) is 0.831. The van der Waals surface area contributed by atoms with Gasteiger partial charge in [-0.2, -0.15) is 5.26 Å². The van der Waals surface area contributed by atoms with E-state index in [2.05, 4.69) is 0 Å². The Morgan fingerprint density at radius 1 is 1.47 bits per heavy atom. The van der Waals surface area contributed by atoms with Crippen LogP contribution >= 0.6 is 23.2 Å². The first kappa shape index (κ1) is 11.8. The number of rotatable bonds is 3. The van der Waals surface area contributed by atoms with Gasteiger partial charge >= 0.3 is 5.97 Å². The molecule has 0 aliphatic heterocycles. The number of alkyl halides is 1. The number of hydrogen-bond donors (Lipinski definition) is 1. The molecule has 0 atom stereocenters. The summed E-state index contributed by atoms with van der Waals surface area (Å²) in [5, 5.41) is 17.8. The molecule has 0 bridgehead atoms. The van der Waals surface area contributed by atoms with Gasteiger partial charge in [0, 0.05) is 10.9 Å². The van der Waals surface area contributed by atoms with Crippen molar-refractivity contribution < 1.29 is 9.90 Å². The first-order valence-electron chi connectivity index (χ1n) is 4.08. The molecule has 0 aromatic heterocycles. The van der Waals surface area contributed by atoms with E-state index in [1.54, 1.807) is 0 Å². The summed E-state index contributed by atoms with van der Waals surface area (Å²) in [5.41, 5.74) is 1.28. The van der Waals surface area contributed by atoms with Crippen LogP contribution < -0.4 is 0 Å². The van der Waals surface area contributed by atoms with E-state index in [1.807, 2.05) is 6.07 Å². The molecule has 0 amide bonds. The summed E-state index contributed by atoms with van der Waals surface area (Å²) >= 11 is 11.5. The van der Waals surface area contributed by atoms with Crippen molar-refractivity contribution in [3.05, 3.63) is 33.8 Å². The van der Waals surface area contributed by atoms with Crippen LogP contribution in [0.5, 0.6) is 0 Å². The maximum Gasteiger partial charge on any atom is 0.307 e. The predicted octanol–water partition coefficient (Wildman–Crippen LogP) is 2.58. The second kappa shape index (κ2) is 5.01. The Balaban J connectivity index is 3.33. The zero-order chi connectivity index (χ0) is 11.4. The smallest absolute Gasteiger partial charge is 0.307 e. The van der Waals surface area contributed by atoms with Gasteiger partial charge in [-0.15, -0.1) is 11.6 Å². The zero-order valence-electron chi connectivity index (χ0n) is 7.63. The molecule has 0 aliphatic rings. The fourth-order valence-corrected chi connectivity index (χ4v) is 1.81. The van der Waals surface area contributed by atoms with E-state index < -0.39 is 5.97 Å². The van der Waals surface area contributed by atoms with Crippen molar-refractivity contribution in [1.82, 2.24) is 0 Å². The molecule has 0 heterocycles. The second-order valence-electron chi connectivity index (χ2n) is 2.87. The van der Waals surface area contributed by atoms with Crippen molar-refractivity contribution >= 4 is 29.2 Å². The summed E-state index contributed by atoms with van der Waals surface area (Å²) in [6, 6.07) is 4.99. The van der Waals surface area contributed by atoms with Gasteiger partial charge in [-0.05, 0) is 23.3 Å². The number of benzene rings is 1. The summed E-state index contributed by atoms with van der Waals surface area (Å²) in [4.78, 5) is 10.6. The second-order valence-corrected chi connectivity index (χ2v) is 3.54. The maximum atomic E-state index is 10.6. The average molecular weight is 244 g/mol. The van der Waals surface area contributed by atoms with Crippen molar-refractivity contribution in [1.29, 1.82) is 5.26 Å². The third-order valence-electron chi connectivity index (χ3n) is 1.96. The standard InChI is InChI=1S/C10H7Cl2NO2/c11-4-8-6(5-13)1-2-9(12)7(8)3-10(14)15/h1-2H,3-4H2,(H,14,15). The minimum Gasteiger partial charge on any atom is -0.481 e. The normalized spacial score (nSPS) is 9.67. The lowest BCUT2D eigenvalue weighted by Gasteiger charge is -2.08. The summed E-state index contributed by atoms with van der Waals surface area (Å²) in [5.74, 6) is -0.926. The highest BCUT2D eigenvalue weighted by Crippen LogP contribution is 2.25. The Hall–Kier alpha value is -1.24. The van der Waals surface area contributed by atoms with Gasteiger partial charge in [0.1, 0.15) is 0 Å². The molecule has 78 valence electrons. The van der Waals surface area contributed by atoms with Gasteiger partial charge in [0.2, 0.25) is 0 Å². The molecule has 0 saturated heterocycles. The molecule has 3 nitrogen and oxygen atoms in total. The lowest BCUT2D eigenvalue weighted by atomic mass is 10.0. The molecule has 1 rings (SSSR count). The van der Waals surface area contributed by atoms with Gasteiger partial charge in [0.25, 0.3) is 0 Å². The summed E-state index contributed by atoms with van der Waals surface area (Å²) in [6.45, 7) is 0. The van der Waals surface area contributed by atoms with Crippen molar-refractivity contribution in [2.45, 2.75) is 12.3 Å². The molecule has 0 saturated carbocycles. The zero-order valence-corrected chi connectivity index (χ0v) is 9.14. The first-order valence-corrected chi connectivity index (χ1v) is 4.99. The van der Waals surface area contributed by atoms with Gasteiger partial charge < -0.3 is 5.11 Å². The monoisotopic (exact) mass is 243 g/mol. The molecule has 0 fully saturated rings. The van der Waals surface area contributed by atoms with Gasteiger partial charge in [-0.25, -0.2) is 0 Å². The van der Waals surface area contributed by atoms with Gasteiger partial charge in [-0.3, -0.25) is 4.79 Å². The minimum absolute atomic E-state index is 0.0755. The number of nitriles is 1. The summed E-state index contributed by atoms with van der Waals surface area (Å²) in [6.07, 6.45) is -0.226. The molecule has 0 aliphatic carbocycles. The van der Waals surface area contributed by atoms with Crippen LogP contribution in [0.2, 0.25) is 5.02 Å². The van der Waals surface area contributed by atoms with Crippen molar-refractivity contribution in [2.75, 3.05) is 0 Å². The molecule has 5 heteroatoms. The molecule has 0 unspecified atom stereocenters. The van der Waals surface area contributed by atoms with E-state index >= 15 is 0 Å². The van der Waals surface area contributed by atoms with Crippen LogP contribution in [0, 0.1) is 11.3 Å². The number of aliphatic carboxylic acids is 1. The van der Waals surface area contributed by atoms with Crippen LogP contribution in [-0.2, 0) is 17.1 Å². The van der Waals surface area contributed by atoms with Crippen molar-refractivity contribution in [3.63, 3.8) is 0 Å². The Kier molecular flexibility index (Phi) is 3.96. The van der Waals surface area contributed by atoms with Crippen LogP contribution in [-0.4, -0.2) is 11.1 Å². The Bertz CT molecular complexity index is 438. The molecular formula is C10H7Cl2NO2. The van der Waals surface area contributed by atoms with E-state index in [0.29, 0.717) is 21.7 Å². The lowest BCUT2D eigenvalue weighted by Crippen LogP contribution is -2.05. The van der Waals surface area contributed by atoms with E-state index in [-0.39, 0.29) is 12.3 Å². The molecule has 0 radical (unpaired) electrons. The fourth-order valence-electron chi connectivity index (χ4n) is 1.26. The van der Waals surface area contributed by atoms with Gasteiger partial charge in [-0.1, -0.05) is 11.6 Å². The summed E-state index contributed by atoms with van der Waals surface area (Å²) < 4.78 is 0. The molecule has 1 N–H and O–H groups in total. The number of nitrogens with zero attached hydrogens (tertiary/aromatic N) is 1. The summed E-state index contributed by atoms with van der Waals surface area (Å²) in [7, 11) is 0. The van der Waals surface area contributed by atoms with Crippen LogP contribution in [0.4, 0.5) is 0 Å². The topological polar surface area (TPSA) is 61.1 Å². The van der Waals surface area contributed by atoms with Crippen LogP contribution in [0.1, 0.15) is 16.7 Å². The molecule has 1 aromatic rings. The third kappa shape index (κ3) is 2.62. The van der Waals surface area contributed by atoms with E-state index in [1.165, 1.54) is 12.1 Å². The number of carboxylic acids is 1. The SMILES string of the molecule is N#Cc1ccc(Cl)c(CC(=O)O)c1CCl. The third-order valence-corrected chi connectivity index (χ3v) is 2.58. The minimum atomic E-state index is -1.00. The number of carboxylic acid groups (broad SMARTS) is 1. The van der Waals surface area contributed by atoms with E-state index in [0.717, 1.165) is 0 Å². The van der Waals surface area contributed by atoms with Crippen LogP contribution in [0.3, 0.4) is 0 Å². The predicted molar refractivity (Wildman–Crippen MR) is 57.1 cm³/mol. The number of carbonyl (C=O) groups is 1. The highest BCUT2D eigenvalue weighted by molar-refractivity contribution is 6.31. The molecule has 15 heavy (non-hydrogen) atoms.